The SMILES string of the molecule is C=C(C=C(NC(=O)c1ccccc1)C(=O)N1CCC(N2CCCCC2)CC1)SC=CC. The molecule has 5 nitrogen and oxygen atoms in total. The molecule has 1 aromatic rings. The fourth-order valence-electron chi connectivity index (χ4n) is 4.17. The molecule has 0 spiro atoms. The Labute approximate surface area is 190 Å². The van der Waals surface area contributed by atoms with Crippen LogP contribution in [-0.4, -0.2) is 53.8 Å². The Morgan fingerprint density at radius 2 is 1.74 bits per heavy atom. The Morgan fingerprint density at radius 3 is 2.39 bits per heavy atom. The number of piperidine rings is 2. The van der Waals surface area contributed by atoms with E-state index in [9.17, 15) is 9.59 Å². The quantitative estimate of drug-likeness (QED) is 0.500. The van der Waals surface area contributed by atoms with Crippen molar-refractivity contribution in [3.8, 4) is 0 Å². The first-order chi connectivity index (χ1) is 15.1. The van der Waals surface area contributed by atoms with E-state index in [4.69, 9.17) is 0 Å². The van der Waals surface area contributed by atoms with E-state index in [2.05, 4.69) is 16.8 Å². The second kappa shape index (κ2) is 11.9. The molecular weight excluding hydrogens is 406 g/mol. The maximum atomic E-state index is 13.3. The Hall–Kier alpha value is -2.31. The number of hydrogen-bond acceptors (Lipinski definition) is 4. The zero-order valence-electron chi connectivity index (χ0n) is 18.4. The average Bonchev–Trinajstić information content (AvgIpc) is 2.83. The summed E-state index contributed by atoms with van der Waals surface area (Å²) in [5.74, 6) is -0.421. The van der Waals surface area contributed by atoms with E-state index in [1.165, 1.54) is 44.1 Å². The summed E-state index contributed by atoms with van der Waals surface area (Å²) in [6.07, 6.45) is 9.47. The van der Waals surface area contributed by atoms with Gasteiger partial charge >= 0.3 is 0 Å². The van der Waals surface area contributed by atoms with Crippen LogP contribution in [0, 0.1) is 0 Å². The summed E-state index contributed by atoms with van der Waals surface area (Å²) < 4.78 is 0. The van der Waals surface area contributed by atoms with Crippen LogP contribution in [0.15, 0.2) is 65.1 Å². The molecule has 0 saturated carbocycles. The highest BCUT2D eigenvalue weighted by molar-refractivity contribution is 8.06. The number of hydrogen-bond donors (Lipinski definition) is 1. The topological polar surface area (TPSA) is 52.7 Å². The van der Waals surface area contributed by atoms with Crippen molar-refractivity contribution < 1.29 is 9.59 Å². The zero-order valence-corrected chi connectivity index (χ0v) is 19.2. The van der Waals surface area contributed by atoms with Crippen LogP contribution in [0.1, 0.15) is 49.4 Å². The Morgan fingerprint density at radius 1 is 1.06 bits per heavy atom. The molecule has 0 bridgehead atoms. The first-order valence-corrected chi connectivity index (χ1v) is 12.0. The number of carbonyl (C=O) groups excluding carboxylic acids is 2. The first kappa shape index (κ1) is 23.4. The van der Waals surface area contributed by atoms with Gasteiger partial charge in [-0.15, -0.1) is 0 Å². The van der Waals surface area contributed by atoms with Crippen LogP contribution in [0.2, 0.25) is 0 Å². The van der Waals surface area contributed by atoms with Gasteiger partial charge in [0.1, 0.15) is 5.70 Å². The van der Waals surface area contributed by atoms with Crippen LogP contribution in [0.3, 0.4) is 0 Å². The van der Waals surface area contributed by atoms with Gasteiger partial charge in [-0.25, -0.2) is 0 Å². The summed E-state index contributed by atoms with van der Waals surface area (Å²) in [5.41, 5.74) is 0.809. The van der Waals surface area contributed by atoms with Crippen LogP contribution in [0.4, 0.5) is 0 Å². The second-order valence-corrected chi connectivity index (χ2v) is 9.08. The number of benzene rings is 1. The molecule has 2 amide bonds. The molecule has 166 valence electrons. The van der Waals surface area contributed by atoms with Gasteiger partial charge in [-0.1, -0.05) is 49.0 Å². The van der Waals surface area contributed by atoms with Crippen molar-refractivity contribution in [2.45, 2.75) is 45.1 Å². The smallest absolute Gasteiger partial charge is 0.270 e. The Kier molecular flexibility index (Phi) is 8.98. The molecule has 2 heterocycles. The van der Waals surface area contributed by atoms with Crippen molar-refractivity contribution >= 4 is 23.6 Å². The van der Waals surface area contributed by atoms with Gasteiger partial charge in [0.05, 0.1) is 0 Å². The van der Waals surface area contributed by atoms with Gasteiger partial charge in [0.25, 0.3) is 11.8 Å². The van der Waals surface area contributed by atoms with Crippen LogP contribution in [0.5, 0.6) is 0 Å². The zero-order chi connectivity index (χ0) is 22.1. The third kappa shape index (κ3) is 6.84. The van der Waals surface area contributed by atoms with E-state index in [0.29, 0.717) is 29.6 Å². The lowest BCUT2D eigenvalue weighted by Crippen LogP contribution is -2.49. The highest BCUT2D eigenvalue weighted by Crippen LogP contribution is 2.23. The van der Waals surface area contributed by atoms with Gasteiger partial charge < -0.3 is 15.1 Å². The summed E-state index contributed by atoms with van der Waals surface area (Å²) in [5, 5.41) is 4.74. The molecule has 2 fully saturated rings. The first-order valence-electron chi connectivity index (χ1n) is 11.2. The largest absolute Gasteiger partial charge is 0.337 e. The molecular formula is C25H33N3O2S. The molecule has 0 aromatic heterocycles. The number of nitrogens with one attached hydrogen (secondary N) is 1. The highest BCUT2D eigenvalue weighted by Gasteiger charge is 2.29. The molecule has 0 radical (unpaired) electrons. The summed E-state index contributed by atoms with van der Waals surface area (Å²) in [4.78, 5) is 31.2. The third-order valence-corrected chi connectivity index (χ3v) is 6.66. The minimum absolute atomic E-state index is 0.136. The van der Waals surface area contributed by atoms with E-state index in [-0.39, 0.29) is 17.5 Å². The van der Waals surface area contributed by atoms with E-state index >= 15 is 0 Å². The fourth-order valence-corrected chi connectivity index (χ4v) is 4.67. The van der Waals surface area contributed by atoms with Crippen molar-refractivity contribution in [1.82, 2.24) is 15.1 Å². The van der Waals surface area contributed by atoms with Crippen molar-refractivity contribution in [3.05, 3.63) is 70.6 Å². The molecule has 2 aliphatic heterocycles. The summed E-state index contributed by atoms with van der Waals surface area (Å²) >= 11 is 1.43. The van der Waals surface area contributed by atoms with Gasteiger partial charge in [-0.05, 0) is 69.3 Å². The van der Waals surface area contributed by atoms with Crippen molar-refractivity contribution in [1.29, 1.82) is 0 Å². The predicted molar refractivity (Wildman–Crippen MR) is 129 cm³/mol. The van der Waals surface area contributed by atoms with Crippen LogP contribution >= 0.6 is 11.8 Å². The number of nitrogens with zero attached hydrogens (tertiary/aromatic N) is 2. The van der Waals surface area contributed by atoms with Crippen molar-refractivity contribution in [2.75, 3.05) is 26.2 Å². The van der Waals surface area contributed by atoms with Gasteiger partial charge in [-0.2, -0.15) is 0 Å². The van der Waals surface area contributed by atoms with Crippen molar-refractivity contribution in [3.63, 3.8) is 0 Å². The lowest BCUT2D eigenvalue weighted by atomic mass is 9.99. The Balaban J connectivity index is 1.67. The predicted octanol–water partition coefficient (Wildman–Crippen LogP) is 4.56. The molecule has 1 N–H and O–H groups in total. The second-order valence-electron chi connectivity index (χ2n) is 8.05. The van der Waals surface area contributed by atoms with E-state index in [0.717, 1.165) is 12.8 Å². The molecule has 3 rings (SSSR count). The molecule has 0 atom stereocenters. The number of amides is 2. The number of likely N-dealkylation sites (tertiary alicyclic amines) is 2. The highest BCUT2D eigenvalue weighted by atomic mass is 32.2. The van der Waals surface area contributed by atoms with Crippen molar-refractivity contribution in [2.24, 2.45) is 0 Å². The summed E-state index contributed by atoms with van der Waals surface area (Å²) in [7, 11) is 0. The molecule has 31 heavy (non-hydrogen) atoms. The fraction of sp³-hybridized carbons (Fsp3) is 0.440. The van der Waals surface area contributed by atoms with Crippen LogP contribution < -0.4 is 5.32 Å². The Bertz CT molecular complexity index is 820. The minimum Gasteiger partial charge on any atom is -0.337 e. The van der Waals surface area contributed by atoms with E-state index in [1.807, 2.05) is 41.5 Å². The van der Waals surface area contributed by atoms with Gasteiger partial charge in [0.2, 0.25) is 0 Å². The van der Waals surface area contributed by atoms with Crippen LogP contribution in [-0.2, 0) is 4.79 Å². The molecule has 1 aromatic carbocycles. The summed E-state index contributed by atoms with van der Waals surface area (Å²) in [6, 6.07) is 9.53. The standard InChI is InChI=1S/C25H33N3O2S/c1-3-18-31-20(2)19-23(26-24(29)21-10-6-4-7-11-21)25(30)28-16-12-22(13-17-28)27-14-8-5-9-15-27/h3-4,6-7,10-11,18-19,22H,2,5,8-9,12-17H2,1H3,(H,26,29). The third-order valence-electron chi connectivity index (χ3n) is 5.83. The maximum absolute atomic E-state index is 13.3. The van der Waals surface area contributed by atoms with E-state index < -0.39 is 0 Å². The molecule has 2 saturated heterocycles. The average molecular weight is 440 g/mol. The molecule has 6 heteroatoms. The lowest BCUT2D eigenvalue weighted by molar-refractivity contribution is -0.129. The lowest BCUT2D eigenvalue weighted by Gasteiger charge is -2.40. The molecule has 0 aliphatic carbocycles. The number of allylic oxidation sites excluding steroid dienone is 2. The number of thioether (sulfide) groups is 1. The normalized spacial score (nSPS) is 18.9. The maximum Gasteiger partial charge on any atom is 0.270 e. The van der Waals surface area contributed by atoms with E-state index in [1.54, 1.807) is 18.2 Å². The van der Waals surface area contributed by atoms with Crippen LogP contribution in [0.25, 0.3) is 0 Å². The molecule has 0 unspecified atom stereocenters. The molecule has 2 aliphatic rings. The van der Waals surface area contributed by atoms with Gasteiger partial charge in [-0.3, -0.25) is 9.59 Å². The number of carbonyl (C=O) groups is 2. The number of rotatable bonds is 7. The van der Waals surface area contributed by atoms with Gasteiger partial charge in [0.15, 0.2) is 0 Å². The summed E-state index contributed by atoms with van der Waals surface area (Å²) in [6.45, 7) is 9.74. The monoisotopic (exact) mass is 439 g/mol. The minimum atomic E-state index is -0.285. The van der Waals surface area contributed by atoms with Gasteiger partial charge in [0, 0.05) is 29.6 Å².